The van der Waals surface area contributed by atoms with Crippen LogP contribution in [0.5, 0.6) is 0 Å². The minimum absolute atomic E-state index is 0.0215. The highest BCUT2D eigenvalue weighted by Gasteiger charge is 2.38. The van der Waals surface area contributed by atoms with Crippen LogP contribution in [0, 0.1) is 0 Å². The largest absolute Gasteiger partial charge is 0.506 e. The van der Waals surface area contributed by atoms with Gasteiger partial charge in [0.25, 0.3) is 0 Å². The summed E-state index contributed by atoms with van der Waals surface area (Å²) in [7, 11) is -7.86. The van der Waals surface area contributed by atoms with E-state index in [1.807, 2.05) is 0 Å². The Morgan fingerprint density at radius 1 is 0.778 bits per heavy atom. The third kappa shape index (κ3) is 2.41. The van der Waals surface area contributed by atoms with Crippen molar-refractivity contribution in [2.45, 2.75) is 9.79 Å². The fourth-order valence-electron chi connectivity index (χ4n) is 3.09. The normalized spacial score (nSPS) is 21.0. The van der Waals surface area contributed by atoms with Crippen molar-refractivity contribution in [3.63, 3.8) is 0 Å². The number of ketones is 1. The topological polar surface area (TPSA) is 106 Å². The van der Waals surface area contributed by atoms with E-state index in [4.69, 9.17) is 0 Å². The molecule has 2 aromatic rings. The summed E-state index contributed by atoms with van der Waals surface area (Å²) in [5.41, 5.74) is 0.266. The van der Waals surface area contributed by atoms with E-state index in [9.17, 15) is 26.7 Å². The lowest BCUT2D eigenvalue weighted by Crippen LogP contribution is -2.02. The Labute approximate surface area is 155 Å². The first kappa shape index (κ1) is 17.4. The molecule has 0 spiro atoms. The molecule has 0 bridgehead atoms. The lowest BCUT2D eigenvalue weighted by atomic mass is 10.1. The van der Waals surface area contributed by atoms with Crippen LogP contribution in [0.4, 0.5) is 0 Å². The van der Waals surface area contributed by atoms with Gasteiger partial charge in [-0.1, -0.05) is 30.3 Å². The second-order valence-electron chi connectivity index (χ2n) is 5.93. The van der Waals surface area contributed by atoms with Gasteiger partial charge in [-0.05, 0) is 36.4 Å². The number of allylic oxidation sites excluding steroid dienone is 4. The smallest absolute Gasteiger partial charge is 0.211 e. The van der Waals surface area contributed by atoms with E-state index in [-0.39, 0.29) is 25.8 Å². The molecule has 8 heteroatoms. The fraction of sp³-hybridized carbons (Fsp3) is 0. The molecule has 27 heavy (non-hydrogen) atoms. The first-order valence-electron chi connectivity index (χ1n) is 7.81. The summed E-state index contributed by atoms with van der Waals surface area (Å²) in [6.07, 6.45) is 3.28. The number of hydrogen-bond acceptors (Lipinski definition) is 6. The zero-order chi connectivity index (χ0) is 19.4. The van der Waals surface area contributed by atoms with E-state index in [1.165, 1.54) is 30.3 Å². The molecule has 0 fully saturated rings. The summed E-state index contributed by atoms with van der Waals surface area (Å²) in [4.78, 5) is 11.5. The lowest BCUT2D eigenvalue weighted by molar-refractivity contribution is 0.104. The number of hydrogen-bond donors (Lipinski definition) is 1. The highest BCUT2D eigenvalue weighted by molar-refractivity contribution is 7.97. The number of benzene rings is 2. The maximum Gasteiger partial charge on any atom is 0.211 e. The Kier molecular flexibility index (Phi) is 3.72. The summed E-state index contributed by atoms with van der Waals surface area (Å²) >= 11 is 0. The molecule has 0 saturated heterocycles. The summed E-state index contributed by atoms with van der Waals surface area (Å²) in [5.74, 6) is -1.06. The molecule has 1 N–H and O–H groups in total. The van der Waals surface area contributed by atoms with Gasteiger partial charge in [0.1, 0.15) is 15.6 Å². The van der Waals surface area contributed by atoms with E-state index < -0.39 is 36.1 Å². The second kappa shape index (κ2) is 5.77. The quantitative estimate of drug-likeness (QED) is 0.777. The molecule has 0 unspecified atom stereocenters. The highest BCUT2D eigenvalue weighted by Crippen LogP contribution is 2.38. The first-order valence-corrected chi connectivity index (χ1v) is 10.8. The Morgan fingerprint density at radius 3 is 1.93 bits per heavy atom. The summed E-state index contributed by atoms with van der Waals surface area (Å²) in [5, 5.41) is 10.2. The summed E-state index contributed by atoms with van der Waals surface area (Å²) in [6.45, 7) is 0. The molecule has 0 aromatic heterocycles. The molecular formula is C19H12O6S2. The number of aliphatic hydroxyl groups excluding tert-OH is 1. The van der Waals surface area contributed by atoms with Crippen LogP contribution in [-0.4, -0.2) is 27.7 Å². The monoisotopic (exact) mass is 400 g/mol. The van der Waals surface area contributed by atoms with Gasteiger partial charge in [0.15, 0.2) is 0 Å². The zero-order valence-electron chi connectivity index (χ0n) is 13.7. The summed E-state index contributed by atoms with van der Waals surface area (Å²) in [6, 6.07) is 11.8. The maximum absolute atomic E-state index is 12.5. The Bertz CT molecular complexity index is 1310. The predicted octanol–water partition coefficient (Wildman–Crippen LogP) is 2.81. The molecule has 4 rings (SSSR count). The van der Waals surface area contributed by atoms with Crippen molar-refractivity contribution in [2.75, 3.05) is 0 Å². The fourth-order valence-corrected chi connectivity index (χ4v) is 6.22. The average Bonchev–Trinajstić information content (AvgIpc) is 2.96. The molecule has 0 saturated carbocycles. The third-order valence-electron chi connectivity index (χ3n) is 4.38. The van der Waals surface area contributed by atoms with Crippen LogP contribution >= 0.6 is 0 Å². The van der Waals surface area contributed by atoms with E-state index in [1.54, 1.807) is 18.2 Å². The van der Waals surface area contributed by atoms with Crippen molar-refractivity contribution in [1.29, 1.82) is 0 Å². The van der Waals surface area contributed by atoms with Gasteiger partial charge in [0.05, 0.1) is 9.79 Å². The van der Waals surface area contributed by atoms with E-state index in [0.29, 0.717) is 0 Å². The molecule has 2 heterocycles. The van der Waals surface area contributed by atoms with Crippen LogP contribution in [-0.2, 0) is 19.7 Å². The van der Waals surface area contributed by atoms with Crippen molar-refractivity contribution in [3.05, 3.63) is 87.7 Å². The average molecular weight is 400 g/mol. The molecular weight excluding hydrogens is 388 g/mol. The number of aliphatic hydroxyl groups is 1. The molecule has 136 valence electrons. The van der Waals surface area contributed by atoms with Gasteiger partial charge in [-0.3, -0.25) is 4.79 Å². The van der Waals surface area contributed by atoms with Crippen LogP contribution in [0.1, 0.15) is 15.9 Å². The molecule has 0 aliphatic carbocycles. The van der Waals surface area contributed by atoms with Crippen molar-refractivity contribution in [1.82, 2.24) is 0 Å². The predicted molar refractivity (Wildman–Crippen MR) is 98.4 cm³/mol. The summed E-state index contributed by atoms with van der Waals surface area (Å²) < 4.78 is 50.0. The van der Waals surface area contributed by atoms with Crippen LogP contribution < -0.4 is 0 Å². The number of carbonyl (C=O) groups excluding carboxylic acids is 1. The van der Waals surface area contributed by atoms with Crippen LogP contribution in [0.2, 0.25) is 0 Å². The van der Waals surface area contributed by atoms with Gasteiger partial charge in [0, 0.05) is 11.1 Å². The van der Waals surface area contributed by atoms with Crippen molar-refractivity contribution in [2.24, 2.45) is 0 Å². The number of Topliss-reactive ketones (excluding diaryl/α,β-unsaturated/α-hetero) is 1. The third-order valence-corrected chi connectivity index (χ3v) is 8.06. The molecule has 2 aromatic carbocycles. The molecule has 0 radical (unpaired) electrons. The lowest BCUT2D eigenvalue weighted by Gasteiger charge is -1.97. The number of rotatable bonds is 2. The molecule has 6 nitrogen and oxygen atoms in total. The van der Waals surface area contributed by atoms with E-state index in [2.05, 4.69) is 0 Å². The Hall–Kier alpha value is -2.97. The second-order valence-corrected chi connectivity index (χ2v) is 9.70. The highest BCUT2D eigenvalue weighted by atomic mass is 32.2. The first-order chi connectivity index (χ1) is 12.8. The van der Waals surface area contributed by atoms with Crippen molar-refractivity contribution >= 4 is 31.2 Å². The number of fused-ring (bicyclic) bond motifs is 2. The van der Waals surface area contributed by atoms with Crippen molar-refractivity contribution in [3.8, 4) is 0 Å². The minimum Gasteiger partial charge on any atom is -0.506 e. The Morgan fingerprint density at radius 2 is 1.33 bits per heavy atom. The standard InChI is InChI=1S/C19H12O6S2/c20-18-12-6-1-3-8-14(12)26(22,23)16(18)10-5-11-17-19(21)13-7-2-4-9-15(13)27(17,24)25/h1-11,20H. The molecule has 2 aliphatic rings. The van der Waals surface area contributed by atoms with Gasteiger partial charge >= 0.3 is 0 Å². The maximum atomic E-state index is 12.5. The molecule has 2 aliphatic heterocycles. The van der Waals surface area contributed by atoms with E-state index in [0.717, 1.165) is 18.2 Å². The zero-order valence-corrected chi connectivity index (χ0v) is 15.3. The molecule has 0 atom stereocenters. The molecule has 0 amide bonds. The number of carbonyl (C=O) groups is 1. The van der Waals surface area contributed by atoms with Gasteiger partial charge in [0.2, 0.25) is 25.5 Å². The van der Waals surface area contributed by atoms with Gasteiger partial charge in [-0.25, -0.2) is 16.8 Å². The van der Waals surface area contributed by atoms with Gasteiger partial charge in [-0.15, -0.1) is 0 Å². The van der Waals surface area contributed by atoms with Gasteiger partial charge < -0.3 is 5.11 Å². The van der Waals surface area contributed by atoms with E-state index >= 15 is 0 Å². The van der Waals surface area contributed by atoms with Crippen molar-refractivity contribution < 1.29 is 26.7 Å². The number of sulfone groups is 2. The van der Waals surface area contributed by atoms with Crippen LogP contribution in [0.15, 0.2) is 86.4 Å². The van der Waals surface area contributed by atoms with Crippen LogP contribution in [0.3, 0.4) is 0 Å². The van der Waals surface area contributed by atoms with Gasteiger partial charge in [-0.2, -0.15) is 0 Å². The SMILES string of the molecule is O=C1C(=CC=CC2=C(O)c3ccccc3S2(=O)=O)S(=O)(=O)c2ccccc21. The minimum atomic E-state index is -3.95. The van der Waals surface area contributed by atoms with Crippen LogP contribution in [0.25, 0.3) is 5.76 Å². The Balaban J connectivity index is 1.76.